The molecule has 5 rings (SSSR count). The van der Waals surface area contributed by atoms with Crippen molar-refractivity contribution in [1.82, 2.24) is 24.9 Å². The Balaban J connectivity index is 1.45. The molecule has 4 aromatic rings. The second-order valence-corrected chi connectivity index (χ2v) is 8.32. The van der Waals surface area contributed by atoms with Gasteiger partial charge in [0.05, 0.1) is 28.5 Å². The molecule has 7 nitrogen and oxygen atoms in total. The van der Waals surface area contributed by atoms with Gasteiger partial charge in [0.1, 0.15) is 12.1 Å². The van der Waals surface area contributed by atoms with Crippen molar-refractivity contribution in [1.29, 1.82) is 0 Å². The van der Waals surface area contributed by atoms with Gasteiger partial charge >= 0.3 is 0 Å². The standard InChI is InChI=1S/C25H25N5O2/c1-16-24-23(17(2)30(28-24)19-11-4-3-5-12-19)25(32)29(27-16)15-22(31)26-21-14-8-10-18-9-6-7-13-20(18)21/h3-7,9,11-13,21H,8,10,14-15H2,1-2H3,(H,26,31). The molecular weight excluding hydrogens is 402 g/mol. The number of benzene rings is 2. The van der Waals surface area contributed by atoms with Gasteiger partial charge in [-0.1, -0.05) is 42.5 Å². The lowest BCUT2D eigenvalue weighted by Crippen LogP contribution is -2.37. The highest BCUT2D eigenvalue weighted by Gasteiger charge is 2.23. The quantitative estimate of drug-likeness (QED) is 0.541. The first-order valence-corrected chi connectivity index (χ1v) is 10.9. The van der Waals surface area contributed by atoms with E-state index < -0.39 is 0 Å². The van der Waals surface area contributed by atoms with Crippen molar-refractivity contribution >= 4 is 16.8 Å². The van der Waals surface area contributed by atoms with E-state index in [9.17, 15) is 9.59 Å². The molecule has 0 spiro atoms. The van der Waals surface area contributed by atoms with Gasteiger partial charge in [-0.2, -0.15) is 10.2 Å². The first-order chi connectivity index (χ1) is 15.5. The average molecular weight is 428 g/mol. The minimum atomic E-state index is -0.301. The lowest BCUT2D eigenvalue weighted by atomic mass is 9.88. The zero-order valence-corrected chi connectivity index (χ0v) is 18.2. The smallest absolute Gasteiger partial charge is 0.278 e. The molecule has 0 saturated heterocycles. The predicted octanol–water partition coefficient (Wildman–Crippen LogP) is 3.39. The number of rotatable bonds is 4. The molecule has 0 bridgehead atoms. The van der Waals surface area contributed by atoms with Gasteiger partial charge in [0.15, 0.2) is 0 Å². The zero-order chi connectivity index (χ0) is 22.2. The molecular formula is C25H25N5O2. The SMILES string of the molecule is Cc1nn(CC(=O)NC2CCCc3ccccc32)c(=O)c2c(C)n(-c3ccccc3)nc12. The molecule has 1 amide bonds. The number of hydrogen-bond acceptors (Lipinski definition) is 4. The van der Waals surface area contributed by atoms with Crippen LogP contribution in [0.15, 0.2) is 59.4 Å². The molecule has 2 aromatic carbocycles. The number of hydrogen-bond donors (Lipinski definition) is 1. The van der Waals surface area contributed by atoms with Gasteiger partial charge < -0.3 is 5.32 Å². The summed E-state index contributed by atoms with van der Waals surface area (Å²) in [6.45, 7) is 3.56. The van der Waals surface area contributed by atoms with E-state index in [4.69, 9.17) is 0 Å². The zero-order valence-electron chi connectivity index (χ0n) is 18.2. The van der Waals surface area contributed by atoms with Crippen LogP contribution < -0.4 is 10.9 Å². The van der Waals surface area contributed by atoms with E-state index in [1.54, 1.807) is 4.68 Å². The van der Waals surface area contributed by atoms with Crippen LogP contribution in [0.4, 0.5) is 0 Å². The molecule has 1 atom stereocenters. The summed E-state index contributed by atoms with van der Waals surface area (Å²) in [5.41, 5.74) is 4.93. The fraction of sp³-hybridized carbons (Fsp3) is 0.280. The fourth-order valence-electron chi connectivity index (χ4n) is 4.62. The van der Waals surface area contributed by atoms with Crippen LogP contribution in [0, 0.1) is 13.8 Å². The summed E-state index contributed by atoms with van der Waals surface area (Å²) in [6, 6.07) is 17.9. The number of carbonyl (C=O) groups excluding carboxylic acids is 1. The van der Waals surface area contributed by atoms with Crippen LogP contribution in [-0.2, 0) is 17.8 Å². The summed E-state index contributed by atoms with van der Waals surface area (Å²) in [4.78, 5) is 26.1. The summed E-state index contributed by atoms with van der Waals surface area (Å²) in [6.07, 6.45) is 2.96. The van der Waals surface area contributed by atoms with Crippen LogP contribution >= 0.6 is 0 Å². The van der Waals surface area contributed by atoms with Crippen molar-refractivity contribution in [2.45, 2.75) is 45.7 Å². The Morgan fingerprint density at radius 1 is 1.06 bits per heavy atom. The number of carbonyl (C=O) groups is 1. The maximum absolute atomic E-state index is 13.2. The molecule has 1 aliphatic carbocycles. The summed E-state index contributed by atoms with van der Waals surface area (Å²) >= 11 is 0. The van der Waals surface area contributed by atoms with E-state index >= 15 is 0 Å². The lowest BCUT2D eigenvalue weighted by Gasteiger charge is -2.26. The van der Waals surface area contributed by atoms with E-state index in [2.05, 4.69) is 27.6 Å². The summed E-state index contributed by atoms with van der Waals surface area (Å²) < 4.78 is 3.01. The van der Waals surface area contributed by atoms with Gasteiger partial charge in [-0.15, -0.1) is 0 Å². The molecule has 2 aromatic heterocycles. The van der Waals surface area contributed by atoms with Gasteiger partial charge in [-0.25, -0.2) is 9.36 Å². The van der Waals surface area contributed by atoms with Crippen LogP contribution in [0.3, 0.4) is 0 Å². The van der Waals surface area contributed by atoms with Gasteiger partial charge in [-0.05, 0) is 56.4 Å². The largest absolute Gasteiger partial charge is 0.348 e. The van der Waals surface area contributed by atoms with E-state index in [0.29, 0.717) is 16.6 Å². The Hall–Kier alpha value is -3.74. The average Bonchev–Trinajstić information content (AvgIpc) is 3.16. The first kappa shape index (κ1) is 20.2. The second kappa shape index (κ2) is 8.07. The van der Waals surface area contributed by atoms with Crippen molar-refractivity contribution < 1.29 is 4.79 Å². The molecule has 7 heteroatoms. The van der Waals surface area contributed by atoms with Crippen LogP contribution in [-0.4, -0.2) is 25.5 Å². The van der Waals surface area contributed by atoms with Crippen LogP contribution in [0.25, 0.3) is 16.6 Å². The van der Waals surface area contributed by atoms with Crippen molar-refractivity contribution in [3.05, 3.63) is 87.5 Å². The van der Waals surface area contributed by atoms with Crippen LogP contribution in [0.5, 0.6) is 0 Å². The van der Waals surface area contributed by atoms with Crippen molar-refractivity contribution in [2.24, 2.45) is 0 Å². The van der Waals surface area contributed by atoms with Gasteiger partial charge in [-0.3, -0.25) is 9.59 Å². The molecule has 162 valence electrons. The van der Waals surface area contributed by atoms with E-state index in [1.165, 1.54) is 15.8 Å². The molecule has 2 heterocycles. The molecule has 1 unspecified atom stereocenters. The Morgan fingerprint density at radius 2 is 1.81 bits per heavy atom. The third kappa shape index (κ3) is 3.49. The third-order valence-corrected chi connectivity index (χ3v) is 6.18. The highest BCUT2D eigenvalue weighted by atomic mass is 16.2. The van der Waals surface area contributed by atoms with Gasteiger partial charge in [0.25, 0.3) is 5.56 Å². The molecule has 0 fully saturated rings. The molecule has 0 saturated carbocycles. The van der Waals surface area contributed by atoms with E-state index in [0.717, 1.165) is 30.6 Å². The van der Waals surface area contributed by atoms with Gasteiger partial charge in [0, 0.05) is 0 Å². The highest BCUT2D eigenvalue weighted by molar-refractivity contribution is 5.83. The highest BCUT2D eigenvalue weighted by Crippen LogP contribution is 2.29. The third-order valence-electron chi connectivity index (χ3n) is 6.18. The minimum Gasteiger partial charge on any atom is -0.348 e. The lowest BCUT2D eigenvalue weighted by molar-refractivity contribution is -0.122. The number of para-hydroxylation sites is 1. The summed E-state index contributed by atoms with van der Waals surface area (Å²) in [5, 5.41) is 12.6. The predicted molar refractivity (Wildman–Crippen MR) is 123 cm³/mol. The number of nitrogens with zero attached hydrogens (tertiary/aromatic N) is 4. The topological polar surface area (TPSA) is 81.8 Å². The van der Waals surface area contributed by atoms with Crippen LogP contribution in [0.2, 0.25) is 0 Å². The van der Waals surface area contributed by atoms with E-state index in [1.807, 2.05) is 56.3 Å². The maximum Gasteiger partial charge on any atom is 0.278 e. The summed E-state index contributed by atoms with van der Waals surface area (Å²) in [7, 11) is 0. The number of nitrogens with one attached hydrogen (secondary N) is 1. The Bertz CT molecular complexity index is 1370. The fourth-order valence-corrected chi connectivity index (χ4v) is 4.62. The molecule has 0 aliphatic heterocycles. The minimum absolute atomic E-state index is 0.0319. The second-order valence-electron chi connectivity index (χ2n) is 8.32. The number of aromatic nitrogens is 4. The normalized spacial score (nSPS) is 15.5. The maximum atomic E-state index is 13.2. The van der Waals surface area contributed by atoms with Crippen LogP contribution in [0.1, 0.15) is 41.4 Å². The Morgan fingerprint density at radius 3 is 2.62 bits per heavy atom. The molecule has 1 aliphatic rings. The van der Waals surface area contributed by atoms with Crippen molar-refractivity contribution in [3.63, 3.8) is 0 Å². The molecule has 32 heavy (non-hydrogen) atoms. The van der Waals surface area contributed by atoms with Crippen molar-refractivity contribution in [3.8, 4) is 5.69 Å². The monoisotopic (exact) mass is 427 g/mol. The number of amides is 1. The molecule has 0 radical (unpaired) electrons. The Kier molecular flexibility index (Phi) is 5.09. The van der Waals surface area contributed by atoms with E-state index in [-0.39, 0.29) is 24.1 Å². The number of fused-ring (bicyclic) bond motifs is 2. The first-order valence-electron chi connectivity index (χ1n) is 10.9. The Labute approximate surface area is 185 Å². The molecule has 1 N–H and O–H groups in total. The van der Waals surface area contributed by atoms with Gasteiger partial charge in [0.2, 0.25) is 5.91 Å². The number of aryl methyl sites for hydroxylation is 3. The van der Waals surface area contributed by atoms with Crippen molar-refractivity contribution in [2.75, 3.05) is 0 Å². The summed E-state index contributed by atoms with van der Waals surface area (Å²) in [5.74, 6) is -0.215.